The summed E-state index contributed by atoms with van der Waals surface area (Å²) in [6, 6.07) is 34.1. The van der Waals surface area contributed by atoms with Crippen molar-refractivity contribution in [3.63, 3.8) is 0 Å². The highest BCUT2D eigenvalue weighted by atomic mass is 32.2. The van der Waals surface area contributed by atoms with Gasteiger partial charge in [0.15, 0.2) is 0 Å². The summed E-state index contributed by atoms with van der Waals surface area (Å²) in [5, 5.41) is 5.85. The minimum absolute atomic E-state index is 0.168. The Morgan fingerprint density at radius 1 is 0.854 bits per heavy atom. The number of amides is 1. The number of rotatable bonds is 8. The third-order valence-corrected chi connectivity index (χ3v) is 8.92. The second kappa shape index (κ2) is 12.5. The van der Waals surface area contributed by atoms with Gasteiger partial charge in [-0.15, -0.1) is 23.1 Å². The number of hydrogen-bond donors (Lipinski definition) is 1. The van der Waals surface area contributed by atoms with E-state index in [-0.39, 0.29) is 12.5 Å². The van der Waals surface area contributed by atoms with Crippen molar-refractivity contribution in [2.45, 2.75) is 38.0 Å². The Balaban J connectivity index is 1.59. The lowest BCUT2D eigenvalue weighted by Crippen LogP contribution is -2.56. The summed E-state index contributed by atoms with van der Waals surface area (Å²) in [6.07, 6.45) is 1.81. The number of ether oxygens (including phenoxy) is 1. The van der Waals surface area contributed by atoms with Crippen LogP contribution in [0.3, 0.4) is 0 Å². The van der Waals surface area contributed by atoms with E-state index in [1.165, 1.54) is 4.90 Å². The molecule has 41 heavy (non-hydrogen) atoms. The maximum atomic E-state index is 14.3. The van der Waals surface area contributed by atoms with Crippen LogP contribution >= 0.6 is 23.1 Å². The molecule has 0 spiro atoms. The molecule has 0 fully saturated rings. The van der Waals surface area contributed by atoms with Crippen molar-refractivity contribution in [1.29, 1.82) is 0 Å². The lowest BCUT2D eigenvalue weighted by atomic mass is 9.76. The highest BCUT2D eigenvalue weighted by Gasteiger charge is 2.41. The molecule has 1 aromatic heterocycles. The van der Waals surface area contributed by atoms with Gasteiger partial charge in [-0.2, -0.15) is 0 Å². The Morgan fingerprint density at radius 3 is 1.85 bits per heavy atom. The van der Waals surface area contributed by atoms with Crippen molar-refractivity contribution in [3.8, 4) is 0 Å². The van der Waals surface area contributed by atoms with Gasteiger partial charge in [-0.05, 0) is 48.9 Å². The van der Waals surface area contributed by atoms with Crippen LogP contribution in [-0.4, -0.2) is 40.7 Å². The number of nitrogens with zero attached hydrogens (tertiary/aromatic N) is 1. The number of esters is 1. The molecule has 7 heteroatoms. The fourth-order valence-corrected chi connectivity index (χ4v) is 6.99. The standard InChI is InChI=1S/C34H34N2O3S2/c1-33(2,3)39-31(37)23-36-22-30(29-20-13-21-40-29)41-24-28(32(36)38)35-34(25-14-7-4-8-15-25,26-16-9-5-10-17-26)27-18-11-6-12-19-27/h4-22,28,35H,23-24H2,1-3H3/t28-/m0/s1. The van der Waals surface area contributed by atoms with Gasteiger partial charge in [0.1, 0.15) is 12.1 Å². The number of hydrogen-bond acceptors (Lipinski definition) is 6. The summed E-state index contributed by atoms with van der Waals surface area (Å²) in [7, 11) is 0. The molecule has 0 bridgehead atoms. The minimum Gasteiger partial charge on any atom is -0.459 e. The van der Waals surface area contributed by atoms with Gasteiger partial charge in [-0.25, -0.2) is 0 Å². The van der Waals surface area contributed by atoms with E-state index in [1.54, 1.807) is 29.3 Å². The first kappa shape index (κ1) is 28.9. The second-order valence-electron chi connectivity index (χ2n) is 10.9. The number of carbonyl (C=O) groups is 2. The van der Waals surface area contributed by atoms with E-state index < -0.39 is 23.2 Å². The molecule has 0 radical (unpaired) electrons. The molecule has 4 aromatic rings. The van der Waals surface area contributed by atoms with E-state index in [9.17, 15) is 9.59 Å². The summed E-state index contributed by atoms with van der Waals surface area (Å²) in [5.74, 6) is -0.137. The quantitative estimate of drug-likeness (QED) is 0.181. The first-order valence-electron chi connectivity index (χ1n) is 13.6. The molecule has 0 saturated carbocycles. The highest BCUT2D eigenvalue weighted by Crippen LogP contribution is 2.40. The van der Waals surface area contributed by atoms with Crippen molar-refractivity contribution in [3.05, 3.63) is 136 Å². The van der Waals surface area contributed by atoms with Crippen LogP contribution in [0.4, 0.5) is 0 Å². The fourth-order valence-electron chi connectivity index (χ4n) is 5.06. The maximum absolute atomic E-state index is 14.3. The van der Waals surface area contributed by atoms with Gasteiger partial charge in [0.25, 0.3) is 0 Å². The molecule has 5 rings (SSSR count). The summed E-state index contributed by atoms with van der Waals surface area (Å²) in [4.78, 5) is 30.8. The summed E-state index contributed by atoms with van der Waals surface area (Å²) in [5.41, 5.74) is 1.58. The fraction of sp³-hybridized carbons (Fsp3) is 0.235. The lowest BCUT2D eigenvalue weighted by Gasteiger charge is -2.40. The van der Waals surface area contributed by atoms with Crippen molar-refractivity contribution in [1.82, 2.24) is 10.2 Å². The van der Waals surface area contributed by atoms with Gasteiger partial charge in [-0.1, -0.05) is 97.1 Å². The number of nitrogens with one attached hydrogen (secondary N) is 1. The van der Waals surface area contributed by atoms with Crippen LogP contribution in [-0.2, 0) is 19.9 Å². The molecular formula is C34H34N2O3S2. The Hall–Kier alpha value is -3.65. The van der Waals surface area contributed by atoms with Crippen LogP contribution in [0.25, 0.3) is 4.91 Å². The Labute approximate surface area is 250 Å². The molecular weight excluding hydrogens is 549 g/mol. The van der Waals surface area contributed by atoms with E-state index in [1.807, 2.05) is 92.9 Å². The normalized spacial score (nSPS) is 16.2. The zero-order valence-corrected chi connectivity index (χ0v) is 25.1. The van der Waals surface area contributed by atoms with E-state index in [4.69, 9.17) is 4.74 Å². The van der Waals surface area contributed by atoms with Crippen molar-refractivity contribution >= 4 is 39.9 Å². The summed E-state index contributed by atoms with van der Waals surface area (Å²) >= 11 is 3.23. The van der Waals surface area contributed by atoms with E-state index in [0.29, 0.717) is 5.75 Å². The molecule has 210 valence electrons. The second-order valence-corrected chi connectivity index (χ2v) is 12.9. The minimum atomic E-state index is -0.824. The van der Waals surface area contributed by atoms with E-state index >= 15 is 0 Å². The van der Waals surface area contributed by atoms with Gasteiger partial charge in [-0.3, -0.25) is 14.9 Å². The van der Waals surface area contributed by atoms with Gasteiger partial charge >= 0.3 is 5.97 Å². The van der Waals surface area contributed by atoms with Crippen LogP contribution in [0.2, 0.25) is 0 Å². The molecule has 1 amide bonds. The van der Waals surface area contributed by atoms with Crippen molar-refractivity contribution < 1.29 is 14.3 Å². The van der Waals surface area contributed by atoms with Crippen LogP contribution in [0.15, 0.2) is 115 Å². The molecule has 2 heterocycles. The van der Waals surface area contributed by atoms with Crippen LogP contribution in [0.1, 0.15) is 42.3 Å². The van der Waals surface area contributed by atoms with Crippen LogP contribution in [0.5, 0.6) is 0 Å². The van der Waals surface area contributed by atoms with Crippen molar-refractivity contribution in [2.75, 3.05) is 12.3 Å². The number of thioether (sulfide) groups is 1. The first-order valence-corrected chi connectivity index (χ1v) is 15.5. The first-order chi connectivity index (χ1) is 19.8. The van der Waals surface area contributed by atoms with E-state index in [2.05, 4.69) is 41.7 Å². The van der Waals surface area contributed by atoms with Gasteiger partial charge in [0.05, 0.1) is 11.6 Å². The summed E-state index contributed by atoms with van der Waals surface area (Å²) in [6.45, 7) is 5.32. The maximum Gasteiger partial charge on any atom is 0.326 e. The number of thiophene rings is 1. The largest absolute Gasteiger partial charge is 0.459 e. The SMILES string of the molecule is CC(C)(C)OC(=O)CN1C=C(c2cccs2)SC[C@H](NC(c2ccccc2)(c2ccccc2)c2ccccc2)C1=O. The predicted octanol–water partition coefficient (Wildman–Crippen LogP) is 6.91. The van der Waals surface area contributed by atoms with Crippen LogP contribution < -0.4 is 5.32 Å². The molecule has 1 aliphatic heterocycles. The average molecular weight is 583 g/mol. The highest BCUT2D eigenvalue weighted by molar-refractivity contribution is 8.08. The molecule has 3 aromatic carbocycles. The Bertz CT molecular complexity index is 1380. The number of carbonyl (C=O) groups excluding carboxylic acids is 2. The lowest BCUT2D eigenvalue weighted by molar-refractivity contribution is -0.157. The van der Waals surface area contributed by atoms with Crippen LogP contribution in [0, 0.1) is 0 Å². The molecule has 0 unspecified atom stereocenters. The zero-order valence-electron chi connectivity index (χ0n) is 23.4. The smallest absolute Gasteiger partial charge is 0.326 e. The Kier molecular flexibility index (Phi) is 8.78. The predicted molar refractivity (Wildman–Crippen MR) is 168 cm³/mol. The zero-order chi connectivity index (χ0) is 28.9. The third-order valence-electron chi connectivity index (χ3n) is 6.75. The van der Waals surface area contributed by atoms with Gasteiger partial charge in [0.2, 0.25) is 5.91 Å². The average Bonchev–Trinajstić information content (AvgIpc) is 3.47. The third kappa shape index (κ3) is 6.64. The van der Waals surface area contributed by atoms with Crippen molar-refractivity contribution in [2.24, 2.45) is 0 Å². The monoisotopic (exact) mass is 582 g/mol. The Morgan fingerprint density at radius 2 is 1.39 bits per heavy atom. The molecule has 1 atom stereocenters. The molecule has 0 saturated heterocycles. The summed E-state index contributed by atoms with van der Waals surface area (Å²) < 4.78 is 5.61. The van der Waals surface area contributed by atoms with Gasteiger partial charge < -0.3 is 9.64 Å². The molecule has 5 nitrogen and oxygen atoms in total. The molecule has 1 aliphatic rings. The topological polar surface area (TPSA) is 58.6 Å². The number of benzene rings is 3. The molecule has 0 aliphatic carbocycles. The molecule has 1 N–H and O–H groups in total. The van der Waals surface area contributed by atoms with Gasteiger partial charge in [0, 0.05) is 21.7 Å². The van der Waals surface area contributed by atoms with E-state index in [0.717, 1.165) is 26.5 Å².